The van der Waals surface area contributed by atoms with E-state index < -0.39 is 11.8 Å². The summed E-state index contributed by atoms with van der Waals surface area (Å²) in [5, 5.41) is 2.47. The van der Waals surface area contributed by atoms with E-state index in [1.54, 1.807) is 0 Å². The minimum absolute atomic E-state index is 0.386. The Morgan fingerprint density at radius 1 is 1.11 bits per heavy atom. The second-order valence-electron chi connectivity index (χ2n) is 4.56. The molecule has 0 unspecified atom stereocenters. The van der Waals surface area contributed by atoms with Crippen molar-refractivity contribution < 1.29 is 14.0 Å². The molecule has 0 bridgehead atoms. The molecule has 1 heterocycles. The summed E-state index contributed by atoms with van der Waals surface area (Å²) in [7, 11) is 1.97. The largest absolute Gasteiger partial charge is 0.332 e. The Balaban J connectivity index is 1.92. The van der Waals surface area contributed by atoms with Gasteiger partial charge in [0.05, 0.1) is 0 Å². The number of halogens is 1. The molecular weight excluding hydrogens is 249 g/mol. The minimum atomic E-state index is -0.684. The van der Waals surface area contributed by atoms with Crippen LogP contribution >= 0.6 is 0 Å². The number of carbonyl (C=O) groups is 2. The predicted molar refractivity (Wildman–Crippen MR) is 69.1 cm³/mol. The van der Waals surface area contributed by atoms with E-state index in [1.807, 2.05) is 7.05 Å². The fourth-order valence-electron chi connectivity index (χ4n) is 1.87. The van der Waals surface area contributed by atoms with Gasteiger partial charge in [0.2, 0.25) is 0 Å². The molecule has 1 aliphatic heterocycles. The first kappa shape index (κ1) is 13.5. The summed E-state index contributed by atoms with van der Waals surface area (Å²) < 4.78 is 12.7. The van der Waals surface area contributed by atoms with Crippen molar-refractivity contribution in [1.82, 2.24) is 9.80 Å². The number of rotatable bonds is 1. The molecule has 0 atom stereocenters. The number of carbonyl (C=O) groups excluding carboxylic acids is 2. The predicted octanol–water partition coefficient (Wildman–Crippen LogP) is 0.538. The van der Waals surface area contributed by atoms with Crippen molar-refractivity contribution in [1.29, 1.82) is 0 Å². The fraction of sp³-hybridized carbons (Fsp3) is 0.385. The highest BCUT2D eigenvalue weighted by Gasteiger charge is 2.24. The zero-order chi connectivity index (χ0) is 13.8. The highest BCUT2D eigenvalue weighted by molar-refractivity contribution is 6.39. The van der Waals surface area contributed by atoms with Gasteiger partial charge in [0.1, 0.15) is 5.82 Å². The number of nitrogens with one attached hydrogen (secondary N) is 1. The molecule has 102 valence electrons. The third kappa shape index (κ3) is 3.51. The molecular formula is C13H16FN3O2. The van der Waals surface area contributed by atoms with Crippen LogP contribution in [0.25, 0.3) is 0 Å². The number of likely N-dealkylation sites (N-methyl/N-ethyl adjacent to an activating group) is 1. The second kappa shape index (κ2) is 5.79. The summed E-state index contributed by atoms with van der Waals surface area (Å²) in [4.78, 5) is 27.3. The standard InChI is InChI=1S/C13H16FN3O2/c1-16-6-8-17(9-7-16)13(19)12(18)15-11-4-2-10(14)3-5-11/h2-5H,6-9H2,1H3,(H,15,18). The average Bonchev–Trinajstić information content (AvgIpc) is 2.41. The molecule has 1 N–H and O–H groups in total. The molecule has 2 rings (SSSR count). The van der Waals surface area contributed by atoms with E-state index in [-0.39, 0.29) is 5.82 Å². The molecule has 0 aromatic heterocycles. The van der Waals surface area contributed by atoms with Crippen LogP contribution in [0, 0.1) is 5.82 Å². The number of benzene rings is 1. The molecule has 0 spiro atoms. The van der Waals surface area contributed by atoms with Gasteiger partial charge in [0.25, 0.3) is 0 Å². The summed E-state index contributed by atoms with van der Waals surface area (Å²) in [5.74, 6) is -1.61. The lowest BCUT2D eigenvalue weighted by Crippen LogP contribution is -2.50. The van der Waals surface area contributed by atoms with Crippen molar-refractivity contribution in [3.8, 4) is 0 Å². The Labute approximate surface area is 111 Å². The van der Waals surface area contributed by atoms with Crippen LogP contribution in [-0.4, -0.2) is 54.8 Å². The van der Waals surface area contributed by atoms with Gasteiger partial charge in [-0.2, -0.15) is 0 Å². The van der Waals surface area contributed by atoms with Gasteiger partial charge in [-0.25, -0.2) is 4.39 Å². The molecule has 6 heteroatoms. The quantitative estimate of drug-likeness (QED) is 0.754. The van der Waals surface area contributed by atoms with Crippen LogP contribution in [-0.2, 0) is 9.59 Å². The lowest BCUT2D eigenvalue weighted by molar-refractivity contribution is -0.144. The van der Waals surface area contributed by atoms with E-state index in [1.165, 1.54) is 29.2 Å². The molecule has 1 aromatic rings. The van der Waals surface area contributed by atoms with Gasteiger partial charge in [0.15, 0.2) is 0 Å². The van der Waals surface area contributed by atoms with Crippen LogP contribution in [0.5, 0.6) is 0 Å². The molecule has 0 saturated carbocycles. The van der Waals surface area contributed by atoms with Crippen molar-refractivity contribution in [2.45, 2.75) is 0 Å². The van der Waals surface area contributed by atoms with Crippen molar-refractivity contribution in [2.24, 2.45) is 0 Å². The molecule has 1 fully saturated rings. The van der Waals surface area contributed by atoms with Gasteiger partial charge in [-0.15, -0.1) is 0 Å². The van der Waals surface area contributed by atoms with E-state index in [2.05, 4.69) is 10.2 Å². The van der Waals surface area contributed by atoms with Crippen LogP contribution in [0.3, 0.4) is 0 Å². The number of hydrogen-bond donors (Lipinski definition) is 1. The SMILES string of the molecule is CN1CCN(C(=O)C(=O)Nc2ccc(F)cc2)CC1. The molecule has 1 aliphatic rings. The van der Waals surface area contributed by atoms with E-state index >= 15 is 0 Å². The van der Waals surface area contributed by atoms with Gasteiger partial charge < -0.3 is 15.1 Å². The monoisotopic (exact) mass is 265 g/mol. The van der Waals surface area contributed by atoms with Crippen molar-refractivity contribution in [3.05, 3.63) is 30.1 Å². The highest BCUT2D eigenvalue weighted by atomic mass is 19.1. The normalized spacial score (nSPS) is 16.2. The second-order valence-corrected chi connectivity index (χ2v) is 4.56. The molecule has 0 aliphatic carbocycles. The Morgan fingerprint density at radius 3 is 2.26 bits per heavy atom. The number of hydrogen-bond acceptors (Lipinski definition) is 3. The first-order chi connectivity index (χ1) is 9.06. The first-order valence-electron chi connectivity index (χ1n) is 6.10. The van der Waals surface area contributed by atoms with Crippen LogP contribution in [0.4, 0.5) is 10.1 Å². The van der Waals surface area contributed by atoms with E-state index in [4.69, 9.17) is 0 Å². The Kier molecular flexibility index (Phi) is 4.11. The topological polar surface area (TPSA) is 52.7 Å². The zero-order valence-corrected chi connectivity index (χ0v) is 10.7. The Hall–Kier alpha value is -1.95. The lowest BCUT2D eigenvalue weighted by atomic mass is 10.3. The Bertz CT molecular complexity index is 467. The third-order valence-corrected chi connectivity index (χ3v) is 3.09. The summed E-state index contributed by atoms with van der Waals surface area (Å²) in [6.07, 6.45) is 0. The molecule has 0 radical (unpaired) electrons. The maximum atomic E-state index is 12.7. The zero-order valence-electron chi connectivity index (χ0n) is 10.7. The first-order valence-corrected chi connectivity index (χ1v) is 6.10. The van der Waals surface area contributed by atoms with Gasteiger partial charge in [-0.3, -0.25) is 9.59 Å². The van der Waals surface area contributed by atoms with E-state index in [0.29, 0.717) is 18.8 Å². The molecule has 19 heavy (non-hydrogen) atoms. The van der Waals surface area contributed by atoms with E-state index in [9.17, 15) is 14.0 Å². The number of nitrogens with zero attached hydrogens (tertiary/aromatic N) is 2. The maximum Gasteiger partial charge on any atom is 0.313 e. The fourth-order valence-corrected chi connectivity index (χ4v) is 1.87. The molecule has 5 nitrogen and oxygen atoms in total. The van der Waals surface area contributed by atoms with Crippen molar-refractivity contribution >= 4 is 17.5 Å². The maximum absolute atomic E-state index is 12.7. The lowest BCUT2D eigenvalue weighted by Gasteiger charge is -2.31. The summed E-state index contributed by atoms with van der Waals surface area (Å²) in [6, 6.07) is 5.31. The van der Waals surface area contributed by atoms with Gasteiger partial charge in [-0.05, 0) is 31.3 Å². The molecule has 1 aromatic carbocycles. The van der Waals surface area contributed by atoms with Gasteiger partial charge in [0, 0.05) is 31.9 Å². The van der Waals surface area contributed by atoms with Gasteiger partial charge >= 0.3 is 11.8 Å². The van der Waals surface area contributed by atoms with Crippen LogP contribution in [0.2, 0.25) is 0 Å². The number of piperazine rings is 1. The summed E-state index contributed by atoms with van der Waals surface area (Å²) >= 11 is 0. The minimum Gasteiger partial charge on any atom is -0.332 e. The summed E-state index contributed by atoms with van der Waals surface area (Å²) in [6.45, 7) is 2.61. The van der Waals surface area contributed by atoms with Crippen molar-refractivity contribution in [3.63, 3.8) is 0 Å². The van der Waals surface area contributed by atoms with Crippen molar-refractivity contribution in [2.75, 3.05) is 38.5 Å². The number of anilines is 1. The van der Waals surface area contributed by atoms with Crippen LogP contribution in [0.1, 0.15) is 0 Å². The third-order valence-electron chi connectivity index (χ3n) is 3.09. The van der Waals surface area contributed by atoms with Gasteiger partial charge in [-0.1, -0.05) is 0 Å². The average molecular weight is 265 g/mol. The Morgan fingerprint density at radius 2 is 1.68 bits per heavy atom. The molecule has 1 saturated heterocycles. The number of amides is 2. The summed E-state index contributed by atoms with van der Waals surface area (Å²) in [5.41, 5.74) is 0.411. The highest BCUT2D eigenvalue weighted by Crippen LogP contribution is 2.09. The van der Waals surface area contributed by atoms with Crippen LogP contribution < -0.4 is 5.32 Å². The van der Waals surface area contributed by atoms with E-state index in [0.717, 1.165) is 13.1 Å². The van der Waals surface area contributed by atoms with Crippen LogP contribution in [0.15, 0.2) is 24.3 Å². The smallest absolute Gasteiger partial charge is 0.313 e. The molecule has 2 amide bonds.